The minimum atomic E-state index is -2.00. The van der Waals surface area contributed by atoms with E-state index >= 15 is 0 Å². The van der Waals surface area contributed by atoms with Gasteiger partial charge in [-0.2, -0.15) is 0 Å². The molecule has 0 aliphatic carbocycles. The molecule has 3 aliphatic heterocycles. The molecule has 0 spiro atoms. The van der Waals surface area contributed by atoms with Crippen molar-refractivity contribution in [1.29, 1.82) is 0 Å². The summed E-state index contributed by atoms with van der Waals surface area (Å²) in [5.74, 6) is -2.55. The van der Waals surface area contributed by atoms with Gasteiger partial charge in [0.1, 0.15) is 95.7 Å². The molecule has 0 unspecified atom stereocenters. The molecule has 3 aliphatic rings. The Kier molecular flexibility index (Phi) is 12.6. The van der Waals surface area contributed by atoms with Crippen LogP contribution in [0.3, 0.4) is 0 Å². The summed E-state index contributed by atoms with van der Waals surface area (Å²) in [5, 5.41) is 132. The molecule has 4 heterocycles. The number of fused-ring (bicyclic) bond motifs is 1. The van der Waals surface area contributed by atoms with Gasteiger partial charge in [-0.05, 0) is 18.2 Å². The molecule has 0 radical (unpaired) electrons. The first-order chi connectivity index (χ1) is 26.6. The molecular weight excluding hydrogens is 760 g/mol. The number of aliphatic hydroxyl groups excluding tert-OH is 12. The summed E-state index contributed by atoms with van der Waals surface area (Å²) in [5.41, 5.74) is -1.54. The lowest BCUT2D eigenvalue weighted by Crippen LogP contribution is -2.60. The average Bonchev–Trinajstić information content (AvgIpc) is 3.19. The van der Waals surface area contributed by atoms with Crippen LogP contribution in [-0.2, 0) is 14.2 Å². The lowest BCUT2D eigenvalue weighted by molar-refractivity contribution is -0.277. The molecule has 22 heteroatoms. The predicted octanol–water partition coefficient (Wildman–Crippen LogP) is -5.29. The monoisotopic (exact) mass is 802 g/mol. The third-order valence-corrected chi connectivity index (χ3v) is 9.61. The smallest absolute Gasteiger partial charge is 0.239 e. The lowest BCUT2D eigenvalue weighted by Gasteiger charge is -2.39. The Labute approximate surface area is 314 Å². The van der Waals surface area contributed by atoms with Gasteiger partial charge in [0.15, 0.2) is 17.3 Å². The summed E-state index contributed by atoms with van der Waals surface area (Å²) in [6, 6.07) is 5.74. The highest BCUT2D eigenvalue weighted by atomic mass is 16.7. The number of aromatic hydroxyl groups is 1. The molecule has 310 valence electrons. The van der Waals surface area contributed by atoms with Gasteiger partial charge in [-0.15, -0.1) is 0 Å². The van der Waals surface area contributed by atoms with E-state index in [1.165, 1.54) is 25.3 Å². The van der Waals surface area contributed by atoms with Gasteiger partial charge in [0.05, 0.1) is 26.9 Å². The van der Waals surface area contributed by atoms with Crippen molar-refractivity contribution >= 4 is 11.0 Å². The maximum absolute atomic E-state index is 14.2. The Morgan fingerprint density at radius 1 is 0.589 bits per heavy atom. The second kappa shape index (κ2) is 16.9. The zero-order chi connectivity index (χ0) is 40.7. The first-order valence-electron chi connectivity index (χ1n) is 17.1. The van der Waals surface area contributed by atoms with E-state index in [1.54, 1.807) is 0 Å². The van der Waals surface area contributed by atoms with E-state index in [0.29, 0.717) is 0 Å². The fraction of sp³-hybridized carbons (Fsp3) is 0.559. The molecule has 6 rings (SSSR count). The normalized spacial score (nSPS) is 36.3. The number of hydrogen-bond acceptors (Lipinski definition) is 22. The number of phenols is 1. The Hall–Kier alpha value is -3.95. The number of ether oxygens (including phenoxy) is 7. The SMILES string of the molecule is COc1cc(-c2oc3cc(O[C@@H]4O[C@H](CO)[C@@H](O)[C@H](O)[C@H]4O)cc(O)c3c(=O)c2O[C@@H]2O[C@H](CO)[C@@H](O)[C@H](O)[C@H]2O)ccc1O[C@@H]1O[C@H](CO)[C@@H](O)[C@H](O)[C@H]1O. The highest BCUT2D eigenvalue weighted by molar-refractivity contribution is 5.88. The topological polar surface area (TPSA) is 358 Å². The fourth-order valence-corrected chi connectivity index (χ4v) is 6.40. The molecule has 15 atom stereocenters. The van der Waals surface area contributed by atoms with Crippen molar-refractivity contribution in [2.24, 2.45) is 0 Å². The van der Waals surface area contributed by atoms with Gasteiger partial charge < -0.3 is 104 Å². The minimum Gasteiger partial charge on any atom is -0.507 e. The summed E-state index contributed by atoms with van der Waals surface area (Å²) in [6.07, 6.45) is -25.6. The van der Waals surface area contributed by atoms with Gasteiger partial charge in [-0.3, -0.25) is 4.79 Å². The highest BCUT2D eigenvalue weighted by Crippen LogP contribution is 2.41. The highest BCUT2D eigenvalue weighted by Gasteiger charge is 2.47. The van der Waals surface area contributed by atoms with Gasteiger partial charge >= 0.3 is 0 Å². The van der Waals surface area contributed by atoms with E-state index < -0.39 is 146 Å². The van der Waals surface area contributed by atoms with Crippen LogP contribution in [0.25, 0.3) is 22.3 Å². The summed E-state index contributed by atoms with van der Waals surface area (Å²) < 4.78 is 44.8. The van der Waals surface area contributed by atoms with Gasteiger partial charge in [-0.1, -0.05) is 0 Å². The molecule has 13 N–H and O–H groups in total. The molecule has 1 aromatic heterocycles. The summed E-state index contributed by atoms with van der Waals surface area (Å²) >= 11 is 0. The van der Waals surface area contributed by atoms with E-state index in [1.807, 2.05) is 0 Å². The Morgan fingerprint density at radius 2 is 1.07 bits per heavy atom. The quantitative estimate of drug-likeness (QED) is 0.0861. The van der Waals surface area contributed by atoms with Crippen LogP contribution < -0.4 is 24.4 Å². The van der Waals surface area contributed by atoms with Gasteiger partial charge in [0, 0.05) is 17.7 Å². The number of phenolic OH excluding ortho intramolecular Hbond substituents is 1. The molecule has 0 saturated carbocycles. The van der Waals surface area contributed by atoms with Crippen LogP contribution in [0.15, 0.2) is 39.5 Å². The van der Waals surface area contributed by atoms with Crippen LogP contribution in [0.2, 0.25) is 0 Å². The zero-order valence-corrected chi connectivity index (χ0v) is 29.2. The van der Waals surface area contributed by atoms with Crippen molar-refractivity contribution in [3.05, 3.63) is 40.6 Å². The van der Waals surface area contributed by atoms with Crippen molar-refractivity contribution in [3.63, 3.8) is 0 Å². The molecule has 3 saturated heterocycles. The van der Waals surface area contributed by atoms with Crippen molar-refractivity contribution in [2.75, 3.05) is 26.9 Å². The second-order valence-electron chi connectivity index (χ2n) is 13.2. The van der Waals surface area contributed by atoms with Crippen LogP contribution in [0.5, 0.6) is 28.7 Å². The van der Waals surface area contributed by atoms with Crippen LogP contribution in [0, 0.1) is 0 Å². The number of rotatable bonds is 11. The summed E-state index contributed by atoms with van der Waals surface area (Å²) in [6.45, 7) is -2.34. The van der Waals surface area contributed by atoms with Crippen LogP contribution in [0.1, 0.15) is 0 Å². The van der Waals surface area contributed by atoms with Gasteiger partial charge in [-0.25, -0.2) is 0 Å². The van der Waals surface area contributed by atoms with Gasteiger partial charge in [0.2, 0.25) is 30.0 Å². The first kappa shape index (κ1) is 41.7. The Bertz CT molecular complexity index is 1880. The Balaban J connectivity index is 1.43. The molecule has 2 aromatic carbocycles. The lowest BCUT2D eigenvalue weighted by atomic mass is 9.99. The molecular formula is C34H42O22. The molecule has 3 aromatic rings. The van der Waals surface area contributed by atoms with E-state index in [-0.39, 0.29) is 22.8 Å². The van der Waals surface area contributed by atoms with Crippen molar-refractivity contribution in [2.45, 2.75) is 92.1 Å². The number of hydrogen-bond donors (Lipinski definition) is 13. The van der Waals surface area contributed by atoms with E-state index in [0.717, 1.165) is 12.1 Å². The molecule has 56 heavy (non-hydrogen) atoms. The number of aliphatic hydroxyl groups is 12. The number of methoxy groups -OCH3 is 1. The van der Waals surface area contributed by atoms with Crippen LogP contribution in [-0.4, -0.2) is 185 Å². The standard InChI is InChI=1S/C34H42O22/c1-49-14-4-10(2-3-13(14)52-33-28(47)25(44)21(40)17(8-36)54-33)30-31(56-34-29(48)26(45)22(41)18(9-37)55-34)23(42)19-12(38)5-11(6-15(19)51-30)50-32-27(46)24(43)20(39)16(7-35)53-32/h2-6,16-18,20-22,24-29,32-41,43-48H,7-9H2,1H3/t16-,17-,18-,20-,21-,22-,24+,25+,26+,27-,28-,29-,32-,33-,34+/m1/s1. The number of benzene rings is 2. The third kappa shape index (κ3) is 7.70. The fourth-order valence-electron chi connectivity index (χ4n) is 6.40. The summed E-state index contributed by atoms with van der Waals surface area (Å²) in [7, 11) is 1.21. The molecule has 0 bridgehead atoms. The van der Waals surface area contributed by atoms with Crippen molar-refractivity contribution in [1.82, 2.24) is 0 Å². The average molecular weight is 803 g/mol. The predicted molar refractivity (Wildman–Crippen MR) is 179 cm³/mol. The molecule has 22 nitrogen and oxygen atoms in total. The second-order valence-corrected chi connectivity index (χ2v) is 13.2. The maximum Gasteiger partial charge on any atom is 0.239 e. The summed E-state index contributed by atoms with van der Waals surface area (Å²) in [4.78, 5) is 14.2. The minimum absolute atomic E-state index is 0.0404. The molecule has 3 fully saturated rings. The zero-order valence-electron chi connectivity index (χ0n) is 29.2. The van der Waals surface area contributed by atoms with Crippen molar-refractivity contribution < 1.29 is 104 Å². The molecule has 0 amide bonds. The van der Waals surface area contributed by atoms with E-state index in [4.69, 9.17) is 37.6 Å². The van der Waals surface area contributed by atoms with Crippen molar-refractivity contribution in [3.8, 4) is 40.1 Å². The largest absolute Gasteiger partial charge is 0.507 e. The van der Waals surface area contributed by atoms with Crippen LogP contribution >= 0.6 is 0 Å². The third-order valence-electron chi connectivity index (χ3n) is 9.61. The van der Waals surface area contributed by atoms with Crippen LogP contribution in [0.4, 0.5) is 0 Å². The van der Waals surface area contributed by atoms with Gasteiger partial charge in [0.25, 0.3) is 0 Å². The maximum atomic E-state index is 14.2. The Morgan fingerprint density at radius 3 is 1.55 bits per heavy atom. The van der Waals surface area contributed by atoms with E-state index in [2.05, 4.69) is 0 Å². The first-order valence-corrected chi connectivity index (χ1v) is 17.1. The van der Waals surface area contributed by atoms with E-state index in [9.17, 15) is 71.2 Å².